The molecule has 0 aromatic heterocycles. The van der Waals surface area contributed by atoms with Gasteiger partial charge in [-0.15, -0.1) is 0 Å². The molecule has 1 N–H and O–H groups in total. The van der Waals surface area contributed by atoms with Crippen LogP contribution in [0.15, 0.2) is 18.2 Å². The smallest absolute Gasteiger partial charge is 0.221 e. The molecule has 0 unspecified atom stereocenters. The molecule has 15 heavy (non-hydrogen) atoms. The Morgan fingerprint density at radius 3 is 2.27 bits per heavy atom. The molecule has 0 aliphatic carbocycles. The molecule has 0 heterocycles. The topological polar surface area (TPSA) is 46.2 Å². The maximum Gasteiger partial charge on any atom is 0.221 e. The predicted molar refractivity (Wildman–Crippen MR) is 62.5 cm³/mol. The molecule has 0 atom stereocenters. The number of benzene rings is 1. The lowest BCUT2D eigenvalue weighted by Crippen LogP contribution is -2.06. The molecule has 1 aromatic rings. The summed E-state index contributed by atoms with van der Waals surface area (Å²) in [5.41, 5.74) is 1.05. The third kappa shape index (κ3) is 3.72. The number of Topliss-reactive ketones (excluding diaryl/α,β-unsaturated/α-hetero) is 1. The summed E-state index contributed by atoms with van der Waals surface area (Å²) in [5, 5.41) is 2.93. The highest BCUT2D eigenvalue weighted by atomic mass is 35.5. The molecule has 4 heteroatoms. The van der Waals surface area contributed by atoms with E-state index in [2.05, 4.69) is 5.32 Å². The summed E-state index contributed by atoms with van der Waals surface area (Å²) in [5.74, 6) is -0.263. The summed E-state index contributed by atoms with van der Waals surface area (Å²) in [6.45, 7) is 2.85. The molecule has 0 aliphatic heterocycles. The molecular formula is C11H14ClNO2. The molecule has 82 valence electrons. The van der Waals surface area contributed by atoms with E-state index in [9.17, 15) is 9.59 Å². The minimum Gasteiger partial charge on any atom is -0.326 e. The highest BCUT2D eigenvalue weighted by Gasteiger charge is 2.06. The van der Waals surface area contributed by atoms with Gasteiger partial charge in [-0.2, -0.15) is 0 Å². The first-order valence-corrected chi connectivity index (χ1v) is 4.46. The van der Waals surface area contributed by atoms with Gasteiger partial charge in [0.25, 0.3) is 0 Å². The molecule has 1 amide bonds. The van der Waals surface area contributed by atoms with Gasteiger partial charge in [-0.05, 0) is 25.1 Å². The Labute approximate surface area is 94.4 Å². The van der Waals surface area contributed by atoms with Crippen molar-refractivity contribution in [3.8, 4) is 0 Å². The van der Waals surface area contributed by atoms with Crippen molar-refractivity contribution in [2.24, 2.45) is 0 Å². The van der Waals surface area contributed by atoms with E-state index in [1.165, 1.54) is 13.8 Å². The second-order valence-corrected chi connectivity index (χ2v) is 3.34. The van der Waals surface area contributed by atoms with Crippen LogP contribution in [-0.4, -0.2) is 11.7 Å². The fourth-order valence-electron chi connectivity index (χ4n) is 1.08. The third-order valence-electron chi connectivity index (χ3n) is 1.67. The molecule has 0 spiro atoms. The van der Waals surface area contributed by atoms with Crippen LogP contribution < -0.4 is 5.32 Å². The van der Waals surface area contributed by atoms with E-state index < -0.39 is 0 Å². The average Bonchev–Trinajstić information content (AvgIpc) is 2.01. The van der Waals surface area contributed by atoms with Crippen molar-refractivity contribution in [3.63, 3.8) is 0 Å². The summed E-state index contributed by atoms with van der Waals surface area (Å²) in [6, 6.07) is 4.79. The fourth-order valence-corrected chi connectivity index (χ4v) is 1.40. The zero-order chi connectivity index (χ0) is 10.7. The number of anilines is 1. The Morgan fingerprint density at radius 2 is 1.87 bits per heavy atom. The van der Waals surface area contributed by atoms with Crippen molar-refractivity contribution in [2.75, 3.05) is 5.32 Å². The van der Waals surface area contributed by atoms with E-state index >= 15 is 0 Å². The van der Waals surface area contributed by atoms with E-state index in [0.717, 1.165) is 0 Å². The van der Waals surface area contributed by atoms with Gasteiger partial charge in [0.05, 0.1) is 5.02 Å². The van der Waals surface area contributed by atoms with Crippen molar-refractivity contribution < 1.29 is 9.59 Å². The molecule has 1 rings (SSSR count). The number of ketones is 1. The maximum atomic E-state index is 11.0. The van der Waals surface area contributed by atoms with Gasteiger partial charge < -0.3 is 5.32 Å². The van der Waals surface area contributed by atoms with Crippen LogP contribution in [-0.2, 0) is 4.79 Å². The van der Waals surface area contributed by atoms with E-state index in [0.29, 0.717) is 16.3 Å². The van der Waals surface area contributed by atoms with Crippen LogP contribution in [0.4, 0.5) is 5.69 Å². The molecule has 0 saturated heterocycles. The molecule has 3 nitrogen and oxygen atoms in total. The van der Waals surface area contributed by atoms with Crippen molar-refractivity contribution in [1.82, 2.24) is 0 Å². The second kappa shape index (κ2) is 5.51. The fraction of sp³-hybridized carbons (Fsp3) is 0.273. The number of hydrogen-bond acceptors (Lipinski definition) is 2. The average molecular weight is 228 g/mol. The first-order chi connectivity index (χ1) is 6.50. The Balaban J connectivity index is 0.00000196. The summed E-state index contributed by atoms with van der Waals surface area (Å²) in [4.78, 5) is 21.8. The minimum absolute atomic E-state index is 0. The largest absolute Gasteiger partial charge is 0.326 e. The number of hydrogen-bond donors (Lipinski definition) is 1. The predicted octanol–water partition coefficient (Wildman–Crippen LogP) is 3.14. The number of carbonyl (C=O) groups is 2. The van der Waals surface area contributed by atoms with Gasteiger partial charge in [-0.25, -0.2) is 0 Å². The lowest BCUT2D eigenvalue weighted by Gasteiger charge is -2.04. The van der Waals surface area contributed by atoms with Crippen molar-refractivity contribution >= 4 is 29.0 Å². The Kier molecular flexibility index (Phi) is 5.02. The summed E-state index contributed by atoms with van der Waals surface area (Å²) < 4.78 is 0. The van der Waals surface area contributed by atoms with E-state index in [-0.39, 0.29) is 19.1 Å². The SMILES string of the molecule is C.CC(=O)Nc1ccc(C(C)=O)c(Cl)c1. The van der Waals surface area contributed by atoms with Crippen LogP contribution in [0, 0.1) is 0 Å². The summed E-state index contributed by atoms with van der Waals surface area (Å²) in [7, 11) is 0. The van der Waals surface area contributed by atoms with Gasteiger partial charge >= 0.3 is 0 Å². The third-order valence-corrected chi connectivity index (χ3v) is 1.98. The van der Waals surface area contributed by atoms with E-state index in [1.54, 1.807) is 18.2 Å². The Morgan fingerprint density at radius 1 is 1.27 bits per heavy atom. The first-order valence-electron chi connectivity index (χ1n) is 4.09. The maximum absolute atomic E-state index is 11.0. The van der Waals surface area contributed by atoms with Crippen LogP contribution in [0.3, 0.4) is 0 Å². The minimum atomic E-state index is -0.170. The highest BCUT2D eigenvalue weighted by Crippen LogP contribution is 2.21. The molecule has 0 fully saturated rings. The molecule has 0 radical (unpaired) electrons. The van der Waals surface area contributed by atoms with Gasteiger partial charge in [0, 0.05) is 18.2 Å². The summed E-state index contributed by atoms with van der Waals surface area (Å²) >= 11 is 5.84. The summed E-state index contributed by atoms with van der Waals surface area (Å²) in [6.07, 6.45) is 0. The molecule has 0 aliphatic rings. The lowest BCUT2D eigenvalue weighted by atomic mass is 10.1. The van der Waals surface area contributed by atoms with Gasteiger partial charge in [0.2, 0.25) is 5.91 Å². The number of halogens is 1. The molecule has 0 saturated carbocycles. The zero-order valence-electron chi connectivity index (χ0n) is 7.93. The van der Waals surface area contributed by atoms with E-state index in [4.69, 9.17) is 11.6 Å². The second-order valence-electron chi connectivity index (χ2n) is 2.93. The van der Waals surface area contributed by atoms with Gasteiger partial charge in [-0.1, -0.05) is 19.0 Å². The Bertz CT molecular complexity index is 388. The van der Waals surface area contributed by atoms with Crippen molar-refractivity contribution in [1.29, 1.82) is 0 Å². The number of carbonyl (C=O) groups excluding carboxylic acids is 2. The Hall–Kier alpha value is -1.35. The van der Waals surface area contributed by atoms with Crippen LogP contribution in [0.5, 0.6) is 0 Å². The number of rotatable bonds is 2. The number of amides is 1. The normalized spacial score (nSPS) is 9.00. The molecule has 0 bridgehead atoms. The monoisotopic (exact) mass is 227 g/mol. The van der Waals surface area contributed by atoms with Crippen molar-refractivity contribution in [3.05, 3.63) is 28.8 Å². The van der Waals surface area contributed by atoms with Crippen LogP contribution in [0.1, 0.15) is 31.6 Å². The van der Waals surface area contributed by atoms with Crippen molar-refractivity contribution in [2.45, 2.75) is 21.3 Å². The van der Waals surface area contributed by atoms with Crippen LogP contribution in [0.25, 0.3) is 0 Å². The first kappa shape index (κ1) is 13.7. The molecule has 1 aromatic carbocycles. The van der Waals surface area contributed by atoms with Gasteiger partial charge in [0.1, 0.15) is 0 Å². The van der Waals surface area contributed by atoms with Crippen LogP contribution >= 0.6 is 11.6 Å². The zero-order valence-corrected chi connectivity index (χ0v) is 8.68. The lowest BCUT2D eigenvalue weighted by molar-refractivity contribution is -0.114. The van der Waals surface area contributed by atoms with Gasteiger partial charge in [0.15, 0.2) is 5.78 Å². The highest BCUT2D eigenvalue weighted by molar-refractivity contribution is 6.34. The van der Waals surface area contributed by atoms with Gasteiger partial charge in [-0.3, -0.25) is 9.59 Å². The van der Waals surface area contributed by atoms with Crippen LogP contribution in [0.2, 0.25) is 5.02 Å². The quantitative estimate of drug-likeness (QED) is 0.789. The molecular weight excluding hydrogens is 214 g/mol. The number of nitrogens with one attached hydrogen (secondary N) is 1. The van der Waals surface area contributed by atoms with E-state index in [1.807, 2.05) is 0 Å². The standard InChI is InChI=1S/C10H10ClNO2.CH4/c1-6(13)9-4-3-8(5-10(9)11)12-7(2)14;/h3-5H,1-2H3,(H,12,14);1H4.